The van der Waals surface area contributed by atoms with Crippen molar-refractivity contribution in [1.29, 1.82) is 0 Å². The van der Waals surface area contributed by atoms with Crippen LogP contribution in [0, 0.1) is 0 Å². The van der Waals surface area contributed by atoms with Gasteiger partial charge >= 0.3 is 0 Å². The van der Waals surface area contributed by atoms with Gasteiger partial charge < -0.3 is 0 Å². The average molecular weight is 209 g/mol. The Labute approximate surface area is 92.9 Å². The minimum atomic E-state index is 0.983. The molecule has 1 rings (SSSR count). The third-order valence-corrected chi connectivity index (χ3v) is 2.69. The molecule has 3 nitrogen and oxygen atoms in total. The van der Waals surface area contributed by atoms with Crippen molar-refractivity contribution < 1.29 is 0 Å². The van der Waals surface area contributed by atoms with Crippen LogP contribution >= 0.6 is 0 Å². The lowest BCUT2D eigenvalue weighted by molar-refractivity contribution is 0.516. The zero-order valence-electron chi connectivity index (χ0n) is 10.1. The van der Waals surface area contributed by atoms with E-state index in [4.69, 9.17) is 0 Å². The third kappa shape index (κ3) is 4.96. The number of rotatable bonds is 8. The number of aryl methyl sites for hydroxylation is 2. The van der Waals surface area contributed by atoms with Gasteiger partial charge in [0.1, 0.15) is 0 Å². The van der Waals surface area contributed by atoms with E-state index in [-0.39, 0.29) is 0 Å². The summed E-state index contributed by atoms with van der Waals surface area (Å²) in [6.45, 7) is 5.39. The van der Waals surface area contributed by atoms with Crippen LogP contribution in [0.5, 0.6) is 0 Å². The predicted octanol–water partition coefficient (Wildman–Crippen LogP) is 3.20. The minimum absolute atomic E-state index is 0.983. The van der Waals surface area contributed by atoms with Crippen LogP contribution in [0.1, 0.15) is 58.1 Å². The summed E-state index contributed by atoms with van der Waals surface area (Å²) in [6, 6.07) is 0. The van der Waals surface area contributed by atoms with Crippen LogP contribution in [0.15, 0.2) is 6.20 Å². The van der Waals surface area contributed by atoms with E-state index in [2.05, 4.69) is 30.4 Å². The van der Waals surface area contributed by atoms with Gasteiger partial charge in [-0.2, -0.15) is 0 Å². The molecule has 3 heteroatoms. The largest absolute Gasteiger partial charge is 0.252 e. The van der Waals surface area contributed by atoms with E-state index in [0.717, 1.165) is 18.7 Å². The maximum absolute atomic E-state index is 4.09. The van der Waals surface area contributed by atoms with Gasteiger partial charge in [-0.25, -0.2) is 0 Å². The van der Waals surface area contributed by atoms with Crippen molar-refractivity contribution in [3.8, 4) is 0 Å². The van der Waals surface area contributed by atoms with Crippen LogP contribution in [0.3, 0.4) is 0 Å². The highest BCUT2D eigenvalue weighted by atomic mass is 15.4. The van der Waals surface area contributed by atoms with E-state index in [9.17, 15) is 0 Å². The summed E-state index contributed by atoms with van der Waals surface area (Å²) in [5.41, 5.74) is 1.10. The van der Waals surface area contributed by atoms with Crippen LogP contribution in [0.4, 0.5) is 0 Å². The van der Waals surface area contributed by atoms with E-state index in [1.165, 1.54) is 38.5 Å². The molecular weight excluding hydrogens is 186 g/mol. The van der Waals surface area contributed by atoms with Gasteiger partial charge in [0.15, 0.2) is 0 Å². The van der Waals surface area contributed by atoms with Gasteiger partial charge in [-0.15, -0.1) is 5.10 Å². The number of unbranched alkanes of at least 4 members (excludes halogenated alkanes) is 5. The molecule has 0 aliphatic heterocycles. The highest BCUT2D eigenvalue weighted by molar-refractivity contribution is 4.90. The van der Waals surface area contributed by atoms with Crippen molar-refractivity contribution in [2.24, 2.45) is 0 Å². The van der Waals surface area contributed by atoms with Crippen molar-refractivity contribution in [2.45, 2.75) is 65.3 Å². The minimum Gasteiger partial charge on any atom is -0.252 e. The number of nitrogens with zero attached hydrogens (tertiary/aromatic N) is 3. The summed E-state index contributed by atoms with van der Waals surface area (Å²) in [7, 11) is 0. The lowest BCUT2D eigenvalue weighted by Crippen LogP contribution is -1.98. The smallest absolute Gasteiger partial charge is 0.0824 e. The number of hydrogen-bond donors (Lipinski definition) is 0. The average Bonchev–Trinajstić information content (AvgIpc) is 2.71. The van der Waals surface area contributed by atoms with Crippen molar-refractivity contribution >= 4 is 0 Å². The molecule has 0 fully saturated rings. The Morgan fingerprint density at radius 2 is 1.80 bits per heavy atom. The molecule has 0 bridgehead atoms. The van der Waals surface area contributed by atoms with E-state index in [0.29, 0.717) is 0 Å². The SMILES string of the molecule is CCCCCCCCn1cc(CC)nn1. The lowest BCUT2D eigenvalue weighted by atomic mass is 10.1. The Morgan fingerprint density at radius 3 is 2.47 bits per heavy atom. The van der Waals surface area contributed by atoms with Crippen molar-refractivity contribution in [3.05, 3.63) is 11.9 Å². The Kier molecular flexibility index (Phi) is 6.05. The van der Waals surface area contributed by atoms with Gasteiger partial charge in [-0.1, -0.05) is 51.2 Å². The van der Waals surface area contributed by atoms with E-state index in [1.54, 1.807) is 0 Å². The van der Waals surface area contributed by atoms with Gasteiger partial charge in [0, 0.05) is 12.7 Å². The van der Waals surface area contributed by atoms with Crippen LogP contribution < -0.4 is 0 Å². The molecule has 0 atom stereocenters. The zero-order valence-corrected chi connectivity index (χ0v) is 10.1. The van der Waals surface area contributed by atoms with E-state index in [1.807, 2.05) is 4.68 Å². The first kappa shape index (κ1) is 12.2. The highest BCUT2D eigenvalue weighted by Gasteiger charge is 1.97. The van der Waals surface area contributed by atoms with Gasteiger partial charge in [-0.3, -0.25) is 4.68 Å². The third-order valence-electron chi connectivity index (χ3n) is 2.69. The molecule has 0 spiro atoms. The molecule has 0 saturated heterocycles. The molecule has 0 N–H and O–H groups in total. The molecular formula is C12H23N3. The van der Waals surface area contributed by atoms with Crippen molar-refractivity contribution in [3.63, 3.8) is 0 Å². The lowest BCUT2D eigenvalue weighted by Gasteiger charge is -2.00. The maximum Gasteiger partial charge on any atom is 0.0824 e. The Hall–Kier alpha value is -0.860. The maximum atomic E-state index is 4.09. The fourth-order valence-electron chi connectivity index (χ4n) is 1.66. The highest BCUT2D eigenvalue weighted by Crippen LogP contribution is 2.06. The summed E-state index contributed by atoms with van der Waals surface area (Å²) in [4.78, 5) is 0. The van der Waals surface area contributed by atoms with Crippen LogP contribution in [-0.2, 0) is 13.0 Å². The first-order valence-corrected chi connectivity index (χ1v) is 6.25. The van der Waals surface area contributed by atoms with Crippen LogP contribution in [-0.4, -0.2) is 15.0 Å². The van der Waals surface area contributed by atoms with Gasteiger partial charge in [0.25, 0.3) is 0 Å². The van der Waals surface area contributed by atoms with Gasteiger partial charge in [-0.05, 0) is 12.8 Å². The first-order valence-electron chi connectivity index (χ1n) is 6.25. The van der Waals surface area contributed by atoms with Crippen LogP contribution in [0.25, 0.3) is 0 Å². The molecule has 1 heterocycles. The fraction of sp³-hybridized carbons (Fsp3) is 0.833. The molecule has 0 radical (unpaired) electrons. The topological polar surface area (TPSA) is 30.7 Å². The summed E-state index contributed by atoms with van der Waals surface area (Å²) in [5, 5.41) is 8.16. The summed E-state index contributed by atoms with van der Waals surface area (Å²) in [6.07, 6.45) is 11.0. The number of hydrogen-bond acceptors (Lipinski definition) is 2. The Balaban J connectivity index is 2.04. The van der Waals surface area contributed by atoms with Gasteiger partial charge in [0.2, 0.25) is 0 Å². The number of aromatic nitrogens is 3. The molecule has 0 aromatic carbocycles. The molecule has 0 amide bonds. The fourth-order valence-corrected chi connectivity index (χ4v) is 1.66. The van der Waals surface area contributed by atoms with Gasteiger partial charge in [0.05, 0.1) is 5.69 Å². The van der Waals surface area contributed by atoms with Crippen LogP contribution in [0.2, 0.25) is 0 Å². The molecule has 0 unspecified atom stereocenters. The Bertz CT molecular complexity index is 255. The normalized spacial score (nSPS) is 10.8. The molecule has 1 aromatic rings. The summed E-state index contributed by atoms with van der Waals surface area (Å²) in [5.74, 6) is 0. The summed E-state index contributed by atoms with van der Waals surface area (Å²) >= 11 is 0. The van der Waals surface area contributed by atoms with Crippen molar-refractivity contribution in [2.75, 3.05) is 0 Å². The Morgan fingerprint density at radius 1 is 1.07 bits per heavy atom. The van der Waals surface area contributed by atoms with E-state index >= 15 is 0 Å². The summed E-state index contributed by atoms with van der Waals surface area (Å²) < 4.78 is 1.97. The standard InChI is InChI=1S/C12H23N3/c1-3-5-6-7-8-9-10-15-11-12(4-2)13-14-15/h11H,3-10H2,1-2H3. The molecule has 0 saturated carbocycles. The van der Waals surface area contributed by atoms with Crippen molar-refractivity contribution in [1.82, 2.24) is 15.0 Å². The molecule has 86 valence electrons. The molecule has 15 heavy (non-hydrogen) atoms. The second-order valence-electron chi connectivity index (χ2n) is 4.09. The molecule has 0 aliphatic carbocycles. The van der Waals surface area contributed by atoms with E-state index < -0.39 is 0 Å². The quantitative estimate of drug-likeness (QED) is 0.615. The monoisotopic (exact) mass is 209 g/mol. The molecule has 1 aromatic heterocycles. The second-order valence-corrected chi connectivity index (χ2v) is 4.09. The first-order chi connectivity index (χ1) is 7.36. The predicted molar refractivity (Wildman–Crippen MR) is 62.8 cm³/mol. The second kappa shape index (κ2) is 7.43. The molecule has 0 aliphatic rings. The zero-order chi connectivity index (χ0) is 10.9.